The predicted molar refractivity (Wildman–Crippen MR) is 74.8 cm³/mol. The average molecular weight is 275 g/mol. The van der Waals surface area contributed by atoms with E-state index in [1.807, 2.05) is 18.4 Å². The van der Waals surface area contributed by atoms with Crippen LogP contribution in [0.4, 0.5) is 5.69 Å². The van der Waals surface area contributed by atoms with Crippen molar-refractivity contribution in [3.63, 3.8) is 0 Å². The monoisotopic (exact) mass is 275 g/mol. The van der Waals surface area contributed by atoms with Crippen molar-refractivity contribution >= 4 is 28.9 Å². The van der Waals surface area contributed by atoms with Crippen LogP contribution in [0, 0.1) is 6.92 Å². The lowest BCUT2D eigenvalue weighted by atomic mass is 10.2. The van der Waals surface area contributed by atoms with E-state index in [2.05, 4.69) is 0 Å². The van der Waals surface area contributed by atoms with Gasteiger partial charge in [0.25, 0.3) is 5.91 Å². The van der Waals surface area contributed by atoms with Crippen molar-refractivity contribution in [3.8, 4) is 0 Å². The van der Waals surface area contributed by atoms with Gasteiger partial charge in [-0.1, -0.05) is 18.2 Å². The van der Waals surface area contributed by atoms with Crippen LogP contribution in [-0.4, -0.2) is 23.5 Å². The fourth-order valence-electron chi connectivity index (χ4n) is 1.75. The number of carbonyl (C=O) groups excluding carboxylic acids is 1. The summed E-state index contributed by atoms with van der Waals surface area (Å²) in [4.78, 5) is 24.7. The summed E-state index contributed by atoms with van der Waals surface area (Å²) in [5, 5.41) is 12.6. The third-order valence-corrected chi connectivity index (χ3v) is 3.55. The van der Waals surface area contributed by atoms with Gasteiger partial charge in [-0.05, 0) is 30.0 Å². The van der Waals surface area contributed by atoms with Crippen LogP contribution in [0.1, 0.15) is 15.9 Å². The van der Waals surface area contributed by atoms with Crippen molar-refractivity contribution in [1.82, 2.24) is 0 Å². The summed E-state index contributed by atoms with van der Waals surface area (Å²) in [6.45, 7) is 1.49. The largest absolute Gasteiger partial charge is 0.480 e. The molecule has 0 unspecified atom stereocenters. The number of carboxylic acid groups (broad SMARTS) is 1. The van der Waals surface area contributed by atoms with Gasteiger partial charge in [0, 0.05) is 11.1 Å². The molecule has 5 heteroatoms. The SMILES string of the molecule is Cc1cscc1C(=O)N(CC(=O)O)c1ccccc1. The van der Waals surface area contributed by atoms with Gasteiger partial charge in [-0.25, -0.2) is 0 Å². The van der Waals surface area contributed by atoms with Gasteiger partial charge in [-0.3, -0.25) is 14.5 Å². The molecule has 0 saturated heterocycles. The van der Waals surface area contributed by atoms with Gasteiger partial charge in [0.1, 0.15) is 6.54 Å². The first-order chi connectivity index (χ1) is 9.09. The second kappa shape index (κ2) is 5.67. The molecule has 1 N–H and O–H groups in total. The Balaban J connectivity index is 2.36. The molecular weight excluding hydrogens is 262 g/mol. The van der Waals surface area contributed by atoms with Gasteiger partial charge >= 0.3 is 5.97 Å². The van der Waals surface area contributed by atoms with Crippen LogP contribution in [0.15, 0.2) is 41.1 Å². The molecule has 0 bridgehead atoms. The highest BCUT2D eigenvalue weighted by Gasteiger charge is 2.21. The molecule has 2 rings (SSSR count). The lowest BCUT2D eigenvalue weighted by Gasteiger charge is -2.20. The molecule has 1 aromatic carbocycles. The van der Waals surface area contributed by atoms with Crippen molar-refractivity contribution < 1.29 is 14.7 Å². The summed E-state index contributed by atoms with van der Waals surface area (Å²) >= 11 is 1.43. The molecule has 1 aromatic heterocycles. The van der Waals surface area contributed by atoms with Crippen molar-refractivity contribution in [1.29, 1.82) is 0 Å². The van der Waals surface area contributed by atoms with Crippen molar-refractivity contribution in [2.75, 3.05) is 11.4 Å². The van der Waals surface area contributed by atoms with Gasteiger partial charge in [0.2, 0.25) is 0 Å². The van der Waals surface area contributed by atoms with Crippen LogP contribution in [0.25, 0.3) is 0 Å². The number of para-hydroxylation sites is 1. The highest BCUT2D eigenvalue weighted by atomic mass is 32.1. The van der Waals surface area contributed by atoms with E-state index < -0.39 is 5.97 Å². The quantitative estimate of drug-likeness (QED) is 0.933. The fraction of sp³-hybridized carbons (Fsp3) is 0.143. The summed E-state index contributed by atoms with van der Waals surface area (Å²) in [5.41, 5.74) is 2.00. The first kappa shape index (κ1) is 13.3. The Morgan fingerprint density at radius 2 is 1.89 bits per heavy atom. The minimum absolute atomic E-state index is 0.285. The lowest BCUT2D eigenvalue weighted by Crippen LogP contribution is -2.35. The Morgan fingerprint density at radius 3 is 2.42 bits per heavy atom. The molecule has 98 valence electrons. The summed E-state index contributed by atoms with van der Waals surface area (Å²) in [6.07, 6.45) is 0. The number of aryl methyl sites for hydroxylation is 1. The zero-order chi connectivity index (χ0) is 13.8. The van der Waals surface area contributed by atoms with Crippen LogP contribution >= 0.6 is 11.3 Å². The van der Waals surface area contributed by atoms with Gasteiger partial charge in [-0.15, -0.1) is 0 Å². The molecule has 1 amide bonds. The minimum atomic E-state index is -1.04. The maximum Gasteiger partial charge on any atom is 0.323 e. The van der Waals surface area contributed by atoms with E-state index in [-0.39, 0.29) is 12.5 Å². The molecule has 4 nitrogen and oxygen atoms in total. The molecule has 0 aliphatic heterocycles. The number of thiophene rings is 1. The van der Waals surface area contributed by atoms with E-state index >= 15 is 0 Å². The summed E-state index contributed by atoms with van der Waals surface area (Å²) in [7, 11) is 0. The molecule has 2 aromatic rings. The number of carboxylic acids is 1. The predicted octanol–water partition coefficient (Wildman–Crippen LogP) is 2.79. The Morgan fingerprint density at radius 1 is 1.21 bits per heavy atom. The van der Waals surface area contributed by atoms with Crippen LogP contribution < -0.4 is 4.90 Å². The number of anilines is 1. The summed E-state index contributed by atoms with van der Waals surface area (Å²) in [6, 6.07) is 8.82. The molecule has 0 atom stereocenters. The number of nitrogens with zero attached hydrogens (tertiary/aromatic N) is 1. The van der Waals surface area contributed by atoms with Gasteiger partial charge in [0.15, 0.2) is 0 Å². The molecule has 19 heavy (non-hydrogen) atoms. The average Bonchev–Trinajstić information content (AvgIpc) is 2.82. The van der Waals surface area contributed by atoms with Crippen LogP contribution in [0.2, 0.25) is 0 Å². The molecular formula is C14H13NO3S. The Kier molecular flexibility index (Phi) is 3.97. The maximum absolute atomic E-state index is 12.4. The number of aliphatic carboxylic acids is 1. The fourth-order valence-corrected chi connectivity index (χ4v) is 2.57. The van der Waals surface area contributed by atoms with E-state index in [0.717, 1.165) is 5.56 Å². The Labute approximate surface area is 114 Å². The first-order valence-corrected chi connectivity index (χ1v) is 6.65. The van der Waals surface area contributed by atoms with E-state index in [9.17, 15) is 9.59 Å². The van der Waals surface area contributed by atoms with E-state index in [1.54, 1.807) is 29.6 Å². The van der Waals surface area contributed by atoms with E-state index in [0.29, 0.717) is 11.3 Å². The second-order valence-corrected chi connectivity index (χ2v) is 4.83. The lowest BCUT2D eigenvalue weighted by molar-refractivity contribution is -0.135. The number of amides is 1. The van der Waals surface area contributed by atoms with Gasteiger partial charge in [-0.2, -0.15) is 11.3 Å². The number of carbonyl (C=O) groups is 2. The molecule has 1 heterocycles. The molecule has 0 aliphatic rings. The molecule has 0 spiro atoms. The summed E-state index contributed by atoms with van der Waals surface area (Å²) in [5.74, 6) is -1.32. The van der Waals surface area contributed by atoms with Crippen LogP contribution in [0.5, 0.6) is 0 Å². The van der Waals surface area contributed by atoms with E-state index in [4.69, 9.17) is 5.11 Å². The molecule has 0 radical (unpaired) electrons. The molecule has 0 fully saturated rings. The normalized spacial score (nSPS) is 10.2. The highest BCUT2D eigenvalue weighted by Crippen LogP contribution is 2.20. The number of benzene rings is 1. The number of hydrogen-bond acceptors (Lipinski definition) is 3. The third-order valence-electron chi connectivity index (χ3n) is 2.69. The zero-order valence-electron chi connectivity index (χ0n) is 10.4. The van der Waals surface area contributed by atoms with Crippen molar-refractivity contribution in [2.24, 2.45) is 0 Å². The second-order valence-electron chi connectivity index (χ2n) is 4.09. The number of hydrogen-bond donors (Lipinski definition) is 1. The molecule has 0 saturated carbocycles. The summed E-state index contributed by atoms with van der Waals surface area (Å²) < 4.78 is 0. The van der Waals surface area contributed by atoms with Crippen LogP contribution in [-0.2, 0) is 4.79 Å². The highest BCUT2D eigenvalue weighted by molar-refractivity contribution is 7.08. The van der Waals surface area contributed by atoms with Gasteiger partial charge in [0.05, 0.1) is 5.56 Å². The minimum Gasteiger partial charge on any atom is -0.480 e. The van der Waals surface area contributed by atoms with E-state index in [1.165, 1.54) is 16.2 Å². The zero-order valence-corrected chi connectivity index (χ0v) is 11.2. The smallest absolute Gasteiger partial charge is 0.323 e. The third kappa shape index (κ3) is 3.00. The number of rotatable bonds is 4. The Bertz CT molecular complexity index is 592. The maximum atomic E-state index is 12.4. The Hall–Kier alpha value is -2.14. The first-order valence-electron chi connectivity index (χ1n) is 5.71. The van der Waals surface area contributed by atoms with Crippen LogP contribution in [0.3, 0.4) is 0 Å². The van der Waals surface area contributed by atoms with Crippen molar-refractivity contribution in [2.45, 2.75) is 6.92 Å². The van der Waals surface area contributed by atoms with Crippen molar-refractivity contribution in [3.05, 3.63) is 52.2 Å². The van der Waals surface area contributed by atoms with Gasteiger partial charge < -0.3 is 5.11 Å². The topological polar surface area (TPSA) is 57.6 Å². The standard InChI is InChI=1S/C14H13NO3S/c1-10-8-19-9-12(10)14(18)15(7-13(16)17)11-5-3-2-4-6-11/h2-6,8-9H,7H2,1H3,(H,16,17). The molecule has 0 aliphatic carbocycles.